The molecule has 1 N–H and O–H groups in total. The van der Waals surface area contributed by atoms with Crippen LogP contribution in [-0.4, -0.2) is 37.3 Å². The highest BCUT2D eigenvalue weighted by molar-refractivity contribution is 9.10. The molecule has 24 heavy (non-hydrogen) atoms. The van der Waals surface area contributed by atoms with Gasteiger partial charge in [-0.1, -0.05) is 39.9 Å². The van der Waals surface area contributed by atoms with Crippen molar-refractivity contribution in [3.63, 3.8) is 0 Å². The van der Waals surface area contributed by atoms with Gasteiger partial charge in [-0.3, -0.25) is 14.5 Å². The Kier molecular flexibility index (Phi) is 4.88. The van der Waals surface area contributed by atoms with Crippen molar-refractivity contribution in [3.8, 4) is 5.69 Å². The summed E-state index contributed by atoms with van der Waals surface area (Å²) in [6.45, 7) is -0.421. The highest BCUT2D eigenvalue weighted by atomic mass is 79.9. The second-order valence-electron chi connectivity index (χ2n) is 4.94. The number of halogens is 1. The number of carboxylic acid groups (broad SMARTS) is 1. The van der Waals surface area contributed by atoms with E-state index in [1.54, 1.807) is 6.08 Å². The fourth-order valence-electron chi connectivity index (χ4n) is 2.25. The Bertz CT molecular complexity index is 858. The Morgan fingerprint density at radius 2 is 2.00 bits per heavy atom. The minimum absolute atomic E-state index is 0.260. The molecule has 0 spiro atoms. The normalized spacial score (nSPS) is 16.2. The Hall–Kier alpha value is -1.90. The smallest absolute Gasteiger partial charge is 0.323 e. The first-order valence-electron chi connectivity index (χ1n) is 6.86. The molecule has 122 valence electrons. The predicted octanol–water partition coefficient (Wildman–Crippen LogP) is 3.53. The number of hydrogen-bond acceptors (Lipinski definition) is 4. The van der Waals surface area contributed by atoms with Gasteiger partial charge in [-0.2, -0.15) is 0 Å². The molecule has 0 unspecified atom stereocenters. The molecule has 1 aliphatic heterocycles. The first kappa shape index (κ1) is 16.9. The van der Waals surface area contributed by atoms with E-state index in [1.165, 1.54) is 0 Å². The minimum atomic E-state index is -1.09. The second-order valence-corrected chi connectivity index (χ2v) is 7.53. The monoisotopic (exact) mass is 422 g/mol. The third-order valence-electron chi connectivity index (χ3n) is 3.33. The highest BCUT2D eigenvalue weighted by Gasteiger charge is 2.33. The molecule has 0 radical (unpaired) electrons. The lowest BCUT2D eigenvalue weighted by atomic mass is 10.3. The van der Waals surface area contributed by atoms with Gasteiger partial charge in [-0.25, -0.2) is 0 Å². The van der Waals surface area contributed by atoms with Crippen molar-refractivity contribution in [3.05, 3.63) is 57.7 Å². The number of carboxylic acids is 1. The van der Waals surface area contributed by atoms with Crippen molar-refractivity contribution in [2.45, 2.75) is 0 Å². The molecule has 1 aliphatic rings. The van der Waals surface area contributed by atoms with Crippen molar-refractivity contribution in [2.75, 3.05) is 6.54 Å². The molecule has 0 bridgehead atoms. The number of carbonyl (C=O) groups excluding carboxylic acids is 1. The third-order valence-corrected chi connectivity index (χ3v) is 5.24. The first-order valence-corrected chi connectivity index (χ1v) is 8.88. The Balaban J connectivity index is 1.92. The summed E-state index contributed by atoms with van der Waals surface area (Å²) >= 11 is 9.62. The van der Waals surface area contributed by atoms with Crippen LogP contribution in [0, 0.1) is 0 Å². The molecule has 0 atom stereocenters. The fraction of sp³-hybridized carbons (Fsp3) is 0.0625. The largest absolute Gasteiger partial charge is 0.480 e. The van der Waals surface area contributed by atoms with Gasteiger partial charge in [0.25, 0.3) is 5.91 Å². The van der Waals surface area contributed by atoms with Crippen LogP contribution in [0.4, 0.5) is 0 Å². The maximum absolute atomic E-state index is 12.3. The molecule has 1 aromatic carbocycles. The van der Waals surface area contributed by atoms with Crippen LogP contribution in [0.15, 0.2) is 52.0 Å². The molecule has 2 heterocycles. The van der Waals surface area contributed by atoms with E-state index in [0.717, 1.165) is 32.5 Å². The van der Waals surface area contributed by atoms with Crippen LogP contribution < -0.4 is 0 Å². The van der Waals surface area contributed by atoms with E-state index in [1.807, 2.05) is 47.2 Å². The van der Waals surface area contributed by atoms with Crippen LogP contribution in [0.25, 0.3) is 11.8 Å². The zero-order valence-electron chi connectivity index (χ0n) is 12.2. The zero-order valence-corrected chi connectivity index (χ0v) is 15.4. The molecule has 0 aliphatic carbocycles. The molecule has 1 saturated heterocycles. The number of hydrogen-bond donors (Lipinski definition) is 1. The number of nitrogens with zero attached hydrogens (tertiary/aromatic N) is 2. The molecule has 8 heteroatoms. The van der Waals surface area contributed by atoms with Crippen molar-refractivity contribution in [2.24, 2.45) is 0 Å². The number of aromatic nitrogens is 1. The van der Waals surface area contributed by atoms with Gasteiger partial charge >= 0.3 is 5.97 Å². The summed E-state index contributed by atoms with van der Waals surface area (Å²) in [4.78, 5) is 24.7. The van der Waals surface area contributed by atoms with Crippen LogP contribution in [-0.2, 0) is 9.59 Å². The standard InChI is InChI=1S/C16H11BrN2O3S2/c17-10-3-5-11(6-4-10)18-7-1-2-12(18)8-13-15(22)19(9-14(20)21)16(23)24-13/h1-8H,9H2,(H,20,21)/b13-8-. The number of carbonyl (C=O) groups is 2. The summed E-state index contributed by atoms with van der Waals surface area (Å²) in [5.41, 5.74) is 1.77. The summed E-state index contributed by atoms with van der Waals surface area (Å²) in [5.74, 6) is -1.47. The fourth-order valence-corrected chi connectivity index (χ4v) is 3.76. The maximum Gasteiger partial charge on any atom is 0.323 e. The number of aliphatic carboxylic acids is 1. The van der Waals surface area contributed by atoms with Crippen LogP contribution >= 0.6 is 39.9 Å². The lowest BCUT2D eigenvalue weighted by Gasteiger charge is -2.10. The lowest BCUT2D eigenvalue weighted by molar-refractivity contribution is -0.140. The average molecular weight is 423 g/mol. The van der Waals surface area contributed by atoms with Gasteiger partial charge in [-0.15, -0.1) is 0 Å². The molecular weight excluding hydrogens is 412 g/mol. The van der Waals surface area contributed by atoms with Crippen molar-refractivity contribution in [1.82, 2.24) is 9.47 Å². The van der Waals surface area contributed by atoms with Gasteiger partial charge in [0.15, 0.2) is 0 Å². The Morgan fingerprint density at radius 3 is 2.67 bits per heavy atom. The number of thiocarbonyl (C=S) groups is 1. The highest BCUT2D eigenvalue weighted by Crippen LogP contribution is 2.32. The predicted molar refractivity (Wildman–Crippen MR) is 101 cm³/mol. The number of thioether (sulfide) groups is 1. The summed E-state index contributed by atoms with van der Waals surface area (Å²) in [6.07, 6.45) is 3.62. The Morgan fingerprint density at radius 1 is 1.29 bits per heavy atom. The summed E-state index contributed by atoms with van der Waals surface area (Å²) < 4.78 is 3.18. The first-order chi connectivity index (χ1) is 11.5. The van der Waals surface area contributed by atoms with Gasteiger partial charge in [0.05, 0.1) is 4.91 Å². The van der Waals surface area contributed by atoms with Crippen molar-refractivity contribution >= 4 is 62.2 Å². The number of amides is 1. The van der Waals surface area contributed by atoms with E-state index in [0.29, 0.717) is 4.91 Å². The molecular formula is C16H11BrN2O3S2. The van der Waals surface area contributed by atoms with Gasteiger partial charge in [0.1, 0.15) is 10.9 Å². The van der Waals surface area contributed by atoms with Gasteiger partial charge in [-0.05, 0) is 42.5 Å². The Labute approximate surface area is 156 Å². The summed E-state index contributed by atoms with van der Waals surface area (Å²) in [7, 11) is 0. The van der Waals surface area contributed by atoms with E-state index >= 15 is 0 Å². The topological polar surface area (TPSA) is 62.5 Å². The maximum atomic E-state index is 12.3. The lowest BCUT2D eigenvalue weighted by Crippen LogP contribution is -2.33. The van der Waals surface area contributed by atoms with E-state index in [-0.39, 0.29) is 10.2 Å². The molecule has 2 aromatic rings. The summed E-state index contributed by atoms with van der Waals surface area (Å²) in [5, 5.41) is 8.88. The van der Waals surface area contributed by atoms with Crippen LogP contribution in [0.1, 0.15) is 5.69 Å². The van der Waals surface area contributed by atoms with Crippen molar-refractivity contribution < 1.29 is 14.7 Å². The van der Waals surface area contributed by atoms with Crippen molar-refractivity contribution in [1.29, 1.82) is 0 Å². The van der Waals surface area contributed by atoms with Crippen LogP contribution in [0.2, 0.25) is 0 Å². The van der Waals surface area contributed by atoms with Gasteiger partial charge < -0.3 is 9.67 Å². The SMILES string of the molecule is O=C(O)CN1C(=O)/C(=C/c2cccn2-c2ccc(Br)cc2)SC1=S. The third kappa shape index (κ3) is 3.45. The van der Waals surface area contributed by atoms with Gasteiger partial charge in [0, 0.05) is 22.1 Å². The summed E-state index contributed by atoms with van der Waals surface area (Å²) in [6, 6.07) is 11.5. The van der Waals surface area contributed by atoms with E-state index < -0.39 is 12.5 Å². The average Bonchev–Trinajstić information content (AvgIpc) is 3.09. The molecule has 0 saturated carbocycles. The van der Waals surface area contributed by atoms with E-state index in [9.17, 15) is 9.59 Å². The molecule has 1 fully saturated rings. The van der Waals surface area contributed by atoms with Gasteiger partial charge in [0.2, 0.25) is 0 Å². The minimum Gasteiger partial charge on any atom is -0.480 e. The van der Waals surface area contributed by atoms with E-state index in [4.69, 9.17) is 17.3 Å². The van der Waals surface area contributed by atoms with Crippen LogP contribution in [0.3, 0.4) is 0 Å². The molecule has 1 aromatic heterocycles. The molecule has 5 nitrogen and oxygen atoms in total. The quantitative estimate of drug-likeness (QED) is 0.602. The number of rotatable bonds is 4. The zero-order chi connectivity index (χ0) is 17.3. The number of benzene rings is 1. The molecule has 3 rings (SSSR count). The second kappa shape index (κ2) is 6.92. The van der Waals surface area contributed by atoms with Crippen LogP contribution in [0.5, 0.6) is 0 Å². The van der Waals surface area contributed by atoms with E-state index in [2.05, 4.69) is 15.9 Å². The molecule has 1 amide bonds.